The van der Waals surface area contributed by atoms with Crippen molar-refractivity contribution in [3.63, 3.8) is 0 Å². The van der Waals surface area contributed by atoms with Gasteiger partial charge in [-0.25, -0.2) is 0 Å². The fourth-order valence-electron chi connectivity index (χ4n) is 8.79. The number of aromatic nitrogens is 18. The molecule has 600 valence electrons. The van der Waals surface area contributed by atoms with Gasteiger partial charge in [-0.3, -0.25) is 60.7 Å². The normalized spacial score (nSPS) is 9.97. The highest BCUT2D eigenvalue weighted by molar-refractivity contribution is 6.06. The minimum absolute atomic E-state index is 0.0159. The van der Waals surface area contributed by atoms with E-state index in [1.54, 1.807) is 124 Å². The van der Waals surface area contributed by atoms with E-state index < -0.39 is 5.91 Å². The van der Waals surface area contributed by atoms with E-state index in [1.165, 1.54) is 35.5 Å². The molecule has 12 rings (SSSR count). The quantitative estimate of drug-likeness (QED) is 0.0439. The van der Waals surface area contributed by atoms with Crippen molar-refractivity contribution in [3.8, 4) is 29.5 Å². The first kappa shape index (κ1) is 86.6. The van der Waals surface area contributed by atoms with Crippen LogP contribution >= 0.6 is 0 Å². The first-order valence-electron chi connectivity index (χ1n) is 33.7. The van der Waals surface area contributed by atoms with Crippen molar-refractivity contribution in [1.82, 2.24) is 89.7 Å². The van der Waals surface area contributed by atoms with Crippen LogP contribution in [-0.2, 0) is 0 Å². The van der Waals surface area contributed by atoms with Crippen molar-refractivity contribution in [2.75, 3.05) is 139 Å². The van der Waals surface area contributed by atoms with E-state index in [-0.39, 0.29) is 125 Å². The lowest BCUT2D eigenvalue weighted by Gasteiger charge is -2.07. The monoisotopic (exact) mass is 1580 g/mol. The van der Waals surface area contributed by atoms with E-state index in [2.05, 4.69) is 138 Å². The number of nitrogens with two attached hydrogens (primary N) is 6. The number of carbonyl (C=O) groups excluding carboxylic acids is 6. The summed E-state index contributed by atoms with van der Waals surface area (Å²) in [6.07, 6.45) is 0. The predicted molar refractivity (Wildman–Crippen MR) is 432 cm³/mol. The highest BCUT2D eigenvalue weighted by Gasteiger charge is 2.18. The van der Waals surface area contributed by atoms with Crippen LogP contribution < -0.4 is 106 Å². The third-order valence-electron chi connectivity index (χ3n) is 14.3. The summed E-state index contributed by atoms with van der Waals surface area (Å²) in [6, 6.07) is 42.2. The second-order valence-corrected chi connectivity index (χ2v) is 22.9. The molecule has 0 saturated carbocycles. The Morgan fingerprint density at radius 2 is 0.466 bits per heavy atom. The molecule has 6 amide bonds. The molecule has 6 heterocycles. The van der Waals surface area contributed by atoms with Crippen LogP contribution in [-0.4, -0.2) is 182 Å². The van der Waals surface area contributed by atoms with Gasteiger partial charge in [0.05, 0.1) is 35.5 Å². The molecule has 6 aromatic heterocycles. The number of ether oxygens (including phenoxy) is 5. The molecule has 0 atom stereocenters. The molecule has 12 aromatic rings. The van der Waals surface area contributed by atoms with Gasteiger partial charge in [0.15, 0.2) is 0 Å². The molecule has 0 radical (unpaired) electrons. The standard InChI is InChI=1S/C12H14N6O2.2C12H14N6O.C12H13N5O3.2C12H13N5O2/c1-14-11-16-10(13)17-12(18-11)15-9(19)7-4-3-5-8(6-7)20-2;1-7-3-5-8(6-4-7)9(19)15-12-17-10(13)16-11(14-2)18-12;1-7-4-3-5-8(6-7)9(19)15-12-17-10(13)16-11(14-2)18-12;1-19-8-5-3-4-7(6-8)9(18)14-11-15-10(13)16-12(17-11)20-2;1-7-3-5-8(6-4-7)9(18)14-11-15-10(13)16-12(17-11)19-2;1-7-4-3-5-8(6-7)9(18)14-11-15-10(13)16-12(17-11)19-2/h3-6H,1-2H3,(H4,13,14,15,16,17,18,19);2*3-6H,1-2H3,(H4,13,14,15,16,17,18,19);3-6H,1-2H3,(H3,13,14,15,16,17,18);2*3-6H,1-2H3,(H3,13,14,15,16,17,18). The van der Waals surface area contributed by atoms with Crippen LogP contribution in [0.15, 0.2) is 146 Å². The second kappa shape index (κ2) is 43.0. The highest BCUT2D eigenvalue weighted by atomic mass is 16.5. The van der Waals surface area contributed by atoms with E-state index in [9.17, 15) is 28.8 Å². The third kappa shape index (κ3) is 28.1. The molecule has 6 aromatic carbocycles. The molecule has 21 N–H and O–H groups in total. The van der Waals surface area contributed by atoms with Crippen LogP contribution in [0.3, 0.4) is 0 Å². The van der Waals surface area contributed by atoms with Crippen molar-refractivity contribution in [3.05, 3.63) is 201 Å². The van der Waals surface area contributed by atoms with Crippen molar-refractivity contribution in [1.29, 1.82) is 0 Å². The fraction of sp³-hybridized carbons (Fsp3) is 0.167. The number of carbonyl (C=O) groups is 6. The Bertz CT molecular complexity index is 5060. The number of anilines is 15. The first-order chi connectivity index (χ1) is 55.6. The van der Waals surface area contributed by atoms with Crippen molar-refractivity contribution < 1.29 is 52.5 Å². The summed E-state index contributed by atoms with van der Waals surface area (Å²) in [5.41, 5.74) is 40.0. The number of hydrogen-bond donors (Lipinski definition) is 15. The van der Waals surface area contributed by atoms with Crippen LogP contribution in [0.5, 0.6) is 29.5 Å². The van der Waals surface area contributed by atoms with Gasteiger partial charge in [0.1, 0.15) is 11.5 Å². The third-order valence-corrected chi connectivity index (χ3v) is 14.3. The molecule has 44 nitrogen and oxygen atoms in total. The average Bonchev–Trinajstić information content (AvgIpc) is 0.873. The fourth-order valence-corrected chi connectivity index (χ4v) is 8.79. The maximum atomic E-state index is 12.1. The van der Waals surface area contributed by atoms with Crippen molar-refractivity contribution in [2.45, 2.75) is 27.7 Å². The Morgan fingerprint density at radius 1 is 0.241 bits per heavy atom. The van der Waals surface area contributed by atoms with Crippen molar-refractivity contribution in [2.24, 2.45) is 0 Å². The molecule has 0 spiro atoms. The van der Waals surface area contributed by atoms with Crippen LogP contribution in [0.2, 0.25) is 0 Å². The summed E-state index contributed by atoms with van der Waals surface area (Å²) in [5.74, 6) is 0.471. The summed E-state index contributed by atoms with van der Waals surface area (Å²) in [7, 11) is 12.2. The lowest BCUT2D eigenvalue weighted by Crippen LogP contribution is -2.16. The summed E-state index contributed by atoms with van der Waals surface area (Å²) in [6.45, 7) is 7.71. The van der Waals surface area contributed by atoms with Gasteiger partial charge >= 0.3 is 18.0 Å². The van der Waals surface area contributed by atoms with Gasteiger partial charge in [-0.15, -0.1) is 0 Å². The van der Waals surface area contributed by atoms with E-state index in [1.807, 2.05) is 70.2 Å². The minimum Gasteiger partial charge on any atom is -0.497 e. The topological polar surface area (TPSA) is 645 Å². The van der Waals surface area contributed by atoms with E-state index >= 15 is 0 Å². The highest BCUT2D eigenvalue weighted by Crippen LogP contribution is 2.20. The Kier molecular flexibility index (Phi) is 32.1. The number of nitrogens with zero attached hydrogens (tertiary/aromatic N) is 18. The predicted octanol–water partition coefficient (Wildman–Crippen LogP) is 5.64. The number of methoxy groups -OCH3 is 5. The van der Waals surface area contributed by atoms with Gasteiger partial charge in [-0.05, 0) is 113 Å². The Hall–Kier alpha value is -16.6. The number of rotatable bonds is 20. The molecular weight excluding hydrogens is 1500 g/mol. The SMILES string of the molecule is CNc1nc(N)nc(NC(=O)c2ccc(C)cc2)n1.CNc1nc(N)nc(NC(=O)c2cccc(C)c2)n1.CNc1nc(N)nc(NC(=O)c2cccc(OC)c2)n1.COc1cccc(C(=O)Nc2nc(N)nc(OC)n2)c1.COc1nc(N)nc(NC(=O)c2ccc(C)cc2)n1.COc1nc(N)nc(NC(=O)c2cccc(C)c2)n1. The summed E-state index contributed by atoms with van der Waals surface area (Å²) >= 11 is 0. The van der Waals surface area contributed by atoms with Gasteiger partial charge in [-0.1, -0.05) is 82.9 Å². The molecule has 0 aliphatic carbocycles. The van der Waals surface area contributed by atoms with Gasteiger partial charge in [0, 0.05) is 54.5 Å². The van der Waals surface area contributed by atoms with Gasteiger partial charge < -0.3 is 74.0 Å². The number of nitrogens with one attached hydrogen (secondary N) is 9. The summed E-state index contributed by atoms with van der Waals surface area (Å²) in [5, 5.41) is 23.5. The largest absolute Gasteiger partial charge is 0.497 e. The molecular formula is C72H81N33O11. The van der Waals surface area contributed by atoms with Crippen LogP contribution in [0.25, 0.3) is 0 Å². The smallest absolute Gasteiger partial charge is 0.322 e. The zero-order valence-electron chi connectivity index (χ0n) is 64.4. The minimum atomic E-state index is -0.392. The lowest BCUT2D eigenvalue weighted by molar-refractivity contribution is 0.101. The summed E-state index contributed by atoms with van der Waals surface area (Å²) in [4.78, 5) is 141. The average molecular weight is 1580 g/mol. The molecule has 0 bridgehead atoms. The Morgan fingerprint density at radius 3 is 0.707 bits per heavy atom. The van der Waals surface area contributed by atoms with E-state index in [0.29, 0.717) is 56.8 Å². The van der Waals surface area contributed by atoms with Crippen LogP contribution in [0, 0.1) is 27.7 Å². The Labute approximate surface area is 661 Å². The molecule has 44 heteroatoms. The number of hydrogen-bond acceptors (Lipinski definition) is 38. The maximum Gasteiger partial charge on any atom is 0.322 e. The Balaban J connectivity index is 0.000000192. The van der Waals surface area contributed by atoms with E-state index in [4.69, 9.17) is 58.1 Å². The van der Waals surface area contributed by atoms with Gasteiger partial charge in [-0.2, -0.15) is 89.7 Å². The summed E-state index contributed by atoms with van der Waals surface area (Å²) < 4.78 is 24.6. The molecule has 116 heavy (non-hydrogen) atoms. The zero-order valence-corrected chi connectivity index (χ0v) is 64.4. The van der Waals surface area contributed by atoms with Gasteiger partial charge in [0.2, 0.25) is 89.2 Å². The van der Waals surface area contributed by atoms with Crippen molar-refractivity contribution >= 4 is 125 Å². The van der Waals surface area contributed by atoms with E-state index in [0.717, 1.165) is 22.3 Å². The lowest BCUT2D eigenvalue weighted by atomic mass is 10.1. The van der Waals surface area contributed by atoms with Crippen LogP contribution in [0.4, 0.5) is 89.2 Å². The number of nitrogen functional groups attached to an aromatic ring is 6. The molecule has 0 saturated heterocycles. The first-order valence-corrected chi connectivity index (χ1v) is 33.7. The zero-order chi connectivity index (χ0) is 84.4. The molecule has 0 aliphatic rings. The molecule has 0 aliphatic heterocycles. The second-order valence-electron chi connectivity index (χ2n) is 22.9. The maximum absolute atomic E-state index is 12.1. The number of aryl methyl sites for hydroxylation is 4. The number of benzene rings is 6. The molecule has 0 fully saturated rings. The number of amides is 6. The van der Waals surface area contributed by atoms with Crippen LogP contribution in [0.1, 0.15) is 84.4 Å². The molecule has 0 unspecified atom stereocenters. The van der Waals surface area contributed by atoms with Gasteiger partial charge in [0.25, 0.3) is 35.4 Å².